The second-order valence-electron chi connectivity index (χ2n) is 12.2. The number of aromatic nitrogens is 2. The molecule has 1 saturated heterocycles. The number of hydrogen-bond donors (Lipinski definition) is 0. The van der Waals surface area contributed by atoms with Gasteiger partial charge < -0.3 is 19.3 Å². The molecule has 0 amide bonds. The predicted molar refractivity (Wildman–Crippen MR) is 179 cm³/mol. The molecule has 0 spiro atoms. The second kappa shape index (κ2) is 19.6. The van der Waals surface area contributed by atoms with Crippen LogP contribution < -0.4 is 9.80 Å². The molecule has 0 aromatic carbocycles. The minimum atomic E-state index is -0.789. The number of pyridine rings is 2. The summed E-state index contributed by atoms with van der Waals surface area (Å²) in [5.74, 6) is -0.478. The van der Waals surface area contributed by atoms with Gasteiger partial charge in [-0.05, 0) is 44.9 Å². The van der Waals surface area contributed by atoms with Crippen LogP contribution in [-0.4, -0.2) is 71.9 Å². The van der Waals surface area contributed by atoms with E-state index in [4.69, 9.17) is 9.47 Å². The Hall–Kier alpha value is -3.82. The summed E-state index contributed by atoms with van der Waals surface area (Å²) in [5, 5.41) is 0. The Kier molecular flexibility index (Phi) is 15.6. The van der Waals surface area contributed by atoms with Crippen molar-refractivity contribution in [1.29, 1.82) is 0 Å². The van der Waals surface area contributed by atoms with Gasteiger partial charge in [0.05, 0.1) is 23.0 Å². The normalized spacial score (nSPS) is 14.4. The standard InChI is InChI=1S/C36H52N4O6/c1-5-7-9-11-13-15-32(41)27(3)45-35(43)29-17-18-34(38-25-29)40-21-19-39(20-22-40)31-23-30(24-37-26-31)36(44)46-28(4)33(42)16-14-12-10-8-6-2/h17-18,23-28H,5-16,19-22H2,1-4H3/t27-,28-/m0/s1. The van der Waals surface area contributed by atoms with Crippen molar-refractivity contribution in [2.45, 2.75) is 117 Å². The van der Waals surface area contributed by atoms with Crippen molar-refractivity contribution >= 4 is 35.0 Å². The van der Waals surface area contributed by atoms with E-state index in [-0.39, 0.29) is 11.6 Å². The topological polar surface area (TPSA) is 119 Å². The number of ketones is 2. The first-order chi connectivity index (χ1) is 22.2. The zero-order chi connectivity index (χ0) is 33.3. The van der Waals surface area contributed by atoms with E-state index in [1.807, 2.05) is 0 Å². The highest BCUT2D eigenvalue weighted by Crippen LogP contribution is 2.21. The molecule has 0 aliphatic carbocycles. The summed E-state index contributed by atoms with van der Waals surface area (Å²) < 4.78 is 10.9. The minimum absolute atomic E-state index is 0.0573. The summed E-state index contributed by atoms with van der Waals surface area (Å²) in [6.07, 6.45) is 14.5. The van der Waals surface area contributed by atoms with Gasteiger partial charge in [0.1, 0.15) is 5.82 Å². The van der Waals surface area contributed by atoms with Gasteiger partial charge in [-0.2, -0.15) is 0 Å². The van der Waals surface area contributed by atoms with Gasteiger partial charge in [-0.3, -0.25) is 14.6 Å². The first-order valence-electron chi connectivity index (χ1n) is 17.1. The van der Waals surface area contributed by atoms with Crippen molar-refractivity contribution < 1.29 is 28.7 Å². The molecule has 10 heteroatoms. The maximum absolute atomic E-state index is 12.8. The first kappa shape index (κ1) is 36.6. The summed E-state index contributed by atoms with van der Waals surface area (Å²) in [6, 6.07) is 5.22. The van der Waals surface area contributed by atoms with Gasteiger partial charge in [-0.15, -0.1) is 0 Å². The Morgan fingerprint density at radius 1 is 0.674 bits per heavy atom. The molecule has 2 atom stereocenters. The van der Waals surface area contributed by atoms with Gasteiger partial charge in [0.25, 0.3) is 0 Å². The first-order valence-corrected chi connectivity index (χ1v) is 17.1. The third-order valence-corrected chi connectivity index (χ3v) is 8.44. The zero-order valence-corrected chi connectivity index (χ0v) is 28.2. The summed E-state index contributed by atoms with van der Waals surface area (Å²) in [4.78, 5) is 63.2. The van der Waals surface area contributed by atoms with Crippen LogP contribution in [0.15, 0.2) is 36.8 Å². The van der Waals surface area contributed by atoms with E-state index in [2.05, 4.69) is 33.6 Å². The molecule has 10 nitrogen and oxygen atoms in total. The molecule has 1 fully saturated rings. The van der Waals surface area contributed by atoms with Crippen LogP contribution in [0.2, 0.25) is 0 Å². The smallest absolute Gasteiger partial charge is 0.340 e. The molecular formula is C36H52N4O6. The quantitative estimate of drug-likeness (QED) is 0.114. The van der Waals surface area contributed by atoms with Crippen molar-refractivity contribution in [2.75, 3.05) is 36.0 Å². The molecule has 0 saturated carbocycles. The van der Waals surface area contributed by atoms with E-state index in [9.17, 15) is 19.2 Å². The number of piperazine rings is 1. The number of Topliss-reactive ketones (excluding diaryl/α,β-unsaturated/α-hetero) is 2. The average Bonchev–Trinajstić information content (AvgIpc) is 3.08. The van der Waals surface area contributed by atoms with Crippen molar-refractivity contribution in [2.24, 2.45) is 0 Å². The highest BCUT2D eigenvalue weighted by Gasteiger charge is 2.23. The molecule has 1 aliphatic heterocycles. The Morgan fingerprint density at radius 2 is 1.20 bits per heavy atom. The van der Waals surface area contributed by atoms with Crippen molar-refractivity contribution in [3.63, 3.8) is 0 Å². The maximum atomic E-state index is 12.8. The Bertz CT molecular complexity index is 1260. The van der Waals surface area contributed by atoms with Crippen LogP contribution in [0.4, 0.5) is 11.5 Å². The van der Waals surface area contributed by atoms with Gasteiger partial charge in [0, 0.05) is 51.4 Å². The van der Waals surface area contributed by atoms with E-state index in [1.54, 1.807) is 38.2 Å². The predicted octanol–water partition coefficient (Wildman–Crippen LogP) is 6.75. The number of ether oxygens (including phenoxy) is 2. The summed E-state index contributed by atoms with van der Waals surface area (Å²) >= 11 is 0. The minimum Gasteiger partial charge on any atom is -0.451 e. The molecule has 0 unspecified atom stereocenters. The molecule has 3 rings (SSSR count). The number of carbonyl (C=O) groups is 4. The van der Waals surface area contributed by atoms with Crippen LogP contribution in [0.1, 0.15) is 125 Å². The van der Waals surface area contributed by atoms with Crippen LogP contribution in [0.25, 0.3) is 0 Å². The average molecular weight is 637 g/mol. The molecule has 0 bridgehead atoms. The zero-order valence-electron chi connectivity index (χ0n) is 28.2. The number of nitrogens with zero attached hydrogens (tertiary/aromatic N) is 4. The molecule has 1 aliphatic rings. The summed E-state index contributed by atoms with van der Waals surface area (Å²) in [7, 11) is 0. The van der Waals surface area contributed by atoms with Gasteiger partial charge in [0.2, 0.25) is 0 Å². The van der Waals surface area contributed by atoms with Gasteiger partial charge in [-0.1, -0.05) is 65.2 Å². The molecule has 2 aromatic rings. The van der Waals surface area contributed by atoms with Crippen LogP contribution in [0, 0.1) is 0 Å². The number of carbonyl (C=O) groups excluding carboxylic acids is 4. The number of unbranched alkanes of at least 4 members (excludes halogenated alkanes) is 8. The Labute approximate surface area is 274 Å². The lowest BCUT2D eigenvalue weighted by Gasteiger charge is -2.36. The van der Waals surface area contributed by atoms with Crippen molar-refractivity contribution in [1.82, 2.24) is 9.97 Å². The number of hydrogen-bond acceptors (Lipinski definition) is 10. The lowest BCUT2D eigenvalue weighted by atomic mass is 10.1. The number of esters is 2. The van der Waals surface area contributed by atoms with E-state index < -0.39 is 24.1 Å². The number of anilines is 2. The SMILES string of the molecule is CCCCCCCC(=O)[C@H](C)OC(=O)c1ccc(N2CCN(c3cncc(C(=O)O[C@@H](C)C(=O)CCCCCCC)c3)CC2)nc1. The van der Waals surface area contributed by atoms with Gasteiger partial charge in [0.15, 0.2) is 23.8 Å². The van der Waals surface area contributed by atoms with E-state index in [0.29, 0.717) is 50.1 Å². The van der Waals surface area contributed by atoms with E-state index >= 15 is 0 Å². The Balaban J connectivity index is 1.45. The van der Waals surface area contributed by atoms with E-state index in [0.717, 1.165) is 62.9 Å². The third kappa shape index (κ3) is 11.8. The monoisotopic (exact) mass is 636 g/mol. The number of rotatable bonds is 20. The fraction of sp³-hybridized carbons (Fsp3) is 0.611. The fourth-order valence-corrected chi connectivity index (χ4v) is 5.40. The highest BCUT2D eigenvalue weighted by atomic mass is 16.5. The molecule has 3 heterocycles. The third-order valence-electron chi connectivity index (χ3n) is 8.44. The lowest BCUT2D eigenvalue weighted by Crippen LogP contribution is -2.47. The van der Waals surface area contributed by atoms with Crippen LogP contribution in [0.5, 0.6) is 0 Å². The molecule has 252 valence electrons. The van der Waals surface area contributed by atoms with Gasteiger partial charge in [-0.25, -0.2) is 14.6 Å². The maximum Gasteiger partial charge on any atom is 0.340 e. The molecule has 2 aromatic heterocycles. The second-order valence-corrected chi connectivity index (χ2v) is 12.2. The van der Waals surface area contributed by atoms with Crippen molar-refractivity contribution in [3.8, 4) is 0 Å². The Morgan fingerprint density at radius 3 is 1.72 bits per heavy atom. The van der Waals surface area contributed by atoms with Gasteiger partial charge >= 0.3 is 11.9 Å². The lowest BCUT2D eigenvalue weighted by molar-refractivity contribution is -0.127. The molecular weight excluding hydrogens is 584 g/mol. The van der Waals surface area contributed by atoms with Crippen LogP contribution in [0.3, 0.4) is 0 Å². The van der Waals surface area contributed by atoms with Crippen molar-refractivity contribution in [3.05, 3.63) is 47.9 Å². The summed E-state index contributed by atoms with van der Waals surface area (Å²) in [6.45, 7) is 10.3. The van der Waals surface area contributed by atoms with E-state index in [1.165, 1.54) is 25.2 Å². The summed E-state index contributed by atoms with van der Waals surface area (Å²) in [5.41, 5.74) is 1.43. The molecule has 46 heavy (non-hydrogen) atoms. The molecule has 0 N–H and O–H groups in total. The largest absolute Gasteiger partial charge is 0.451 e. The van der Waals surface area contributed by atoms with Crippen LogP contribution >= 0.6 is 0 Å². The fourth-order valence-electron chi connectivity index (χ4n) is 5.40. The molecule has 0 radical (unpaired) electrons. The highest BCUT2D eigenvalue weighted by molar-refractivity contribution is 5.93. The van der Waals surface area contributed by atoms with Crippen LogP contribution in [-0.2, 0) is 19.1 Å².